The van der Waals surface area contributed by atoms with Gasteiger partial charge in [-0.2, -0.15) is 5.10 Å². The highest BCUT2D eigenvalue weighted by atomic mass is 16.3. The average Bonchev–Trinajstić information content (AvgIpc) is 3.25. The molecule has 0 aliphatic carbocycles. The van der Waals surface area contributed by atoms with Crippen molar-refractivity contribution in [2.45, 2.75) is 38.7 Å². The van der Waals surface area contributed by atoms with Gasteiger partial charge in [-0.3, -0.25) is 14.7 Å². The topological polar surface area (TPSA) is 107 Å². The van der Waals surface area contributed by atoms with Gasteiger partial charge in [-0.1, -0.05) is 36.4 Å². The maximum atomic E-state index is 13.1. The zero-order chi connectivity index (χ0) is 22.4. The van der Waals surface area contributed by atoms with Crippen LogP contribution in [0, 0.1) is 6.92 Å². The Bertz CT molecular complexity index is 1020. The highest BCUT2D eigenvalue weighted by Crippen LogP contribution is 2.27. The van der Waals surface area contributed by atoms with Crippen molar-refractivity contribution in [1.29, 1.82) is 0 Å². The van der Waals surface area contributed by atoms with Crippen LogP contribution in [0.1, 0.15) is 37.3 Å². The summed E-state index contributed by atoms with van der Waals surface area (Å²) in [6, 6.07) is 14.9. The maximum absolute atomic E-state index is 13.1. The number of H-pyrrole nitrogens is 1. The highest BCUT2D eigenvalue weighted by molar-refractivity contribution is 5.98. The first kappa shape index (κ1) is 22.2. The molecular formula is C24H28N4O3. The van der Waals surface area contributed by atoms with E-state index in [-0.39, 0.29) is 24.8 Å². The molecule has 1 heterocycles. The lowest BCUT2D eigenvalue weighted by Gasteiger charge is -2.20. The monoisotopic (exact) mass is 420 g/mol. The number of nitrogens with zero attached hydrogens (tertiary/aromatic N) is 1. The summed E-state index contributed by atoms with van der Waals surface area (Å²) in [4.78, 5) is 25.6. The molecule has 2 aromatic carbocycles. The fourth-order valence-electron chi connectivity index (χ4n) is 3.31. The molecule has 162 valence electrons. The molecule has 3 aromatic rings. The van der Waals surface area contributed by atoms with E-state index < -0.39 is 11.5 Å². The maximum Gasteiger partial charge on any atom is 0.232 e. The van der Waals surface area contributed by atoms with Gasteiger partial charge in [0.1, 0.15) is 0 Å². The number of nitrogens with one attached hydrogen (secondary N) is 3. The first-order valence-electron chi connectivity index (χ1n) is 10.2. The molecule has 3 rings (SSSR count). The van der Waals surface area contributed by atoms with Crippen LogP contribution in [0.3, 0.4) is 0 Å². The fraction of sp³-hybridized carbons (Fsp3) is 0.292. The van der Waals surface area contributed by atoms with Crippen molar-refractivity contribution in [3.8, 4) is 11.1 Å². The molecule has 0 saturated carbocycles. The van der Waals surface area contributed by atoms with Crippen LogP contribution < -0.4 is 10.6 Å². The second kappa shape index (κ2) is 9.57. The van der Waals surface area contributed by atoms with Gasteiger partial charge < -0.3 is 15.7 Å². The lowest BCUT2D eigenvalue weighted by molar-refractivity contribution is -0.126. The quantitative estimate of drug-likeness (QED) is 0.448. The van der Waals surface area contributed by atoms with Crippen molar-refractivity contribution in [2.75, 3.05) is 11.9 Å². The molecule has 7 heteroatoms. The molecule has 1 aromatic heterocycles. The van der Waals surface area contributed by atoms with Crippen LogP contribution in [0.25, 0.3) is 11.1 Å². The number of aromatic nitrogens is 2. The van der Waals surface area contributed by atoms with Crippen LogP contribution in [0.4, 0.5) is 5.69 Å². The van der Waals surface area contributed by atoms with E-state index in [0.29, 0.717) is 5.69 Å². The first-order valence-corrected chi connectivity index (χ1v) is 10.2. The van der Waals surface area contributed by atoms with Gasteiger partial charge in [0.15, 0.2) is 0 Å². The molecule has 1 atom stereocenters. The van der Waals surface area contributed by atoms with Crippen LogP contribution in [0.2, 0.25) is 0 Å². The number of carbonyl (C=O) groups excluding carboxylic acids is 2. The largest absolute Gasteiger partial charge is 0.389 e. The number of amides is 2. The van der Waals surface area contributed by atoms with Crippen molar-refractivity contribution in [2.24, 2.45) is 0 Å². The average molecular weight is 421 g/mol. The summed E-state index contributed by atoms with van der Waals surface area (Å²) < 4.78 is 0. The number of benzene rings is 2. The second-order valence-electron chi connectivity index (χ2n) is 8.26. The van der Waals surface area contributed by atoms with Crippen molar-refractivity contribution in [3.63, 3.8) is 0 Å². The van der Waals surface area contributed by atoms with Crippen LogP contribution in [0.15, 0.2) is 60.9 Å². The lowest BCUT2D eigenvalue weighted by atomic mass is 9.94. The molecule has 7 nitrogen and oxygen atoms in total. The molecule has 0 saturated heterocycles. The van der Waals surface area contributed by atoms with Gasteiger partial charge in [-0.15, -0.1) is 0 Å². The number of hydrogen-bond acceptors (Lipinski definition) is 4. The standard InChI is InChI=1S/C24H28N4O3/c1-16-11-19(9-10-20(16)18-13-26-27-14-18)28-23(30)21(17-7-5-4-6-8-17)12-22(29)25-15-24(2,3)31/h4-11,13-14,21,31H,12,15H2,1-3H3,(H,25,29)(H,26,27)(H,28,30). The summed E-state index contributed by atoms with van der Waals surface area (Å²) in [5.74, 6) is -1.21. The Hall–Kier alpha value is -3.45. The normalized spacial score (nSPS) is 12.3. The summed E-state index contributed by atoms with van der Waals surface area (Å²) in [6.07, 6.45) is 3.55. The Balaban J connectivity index is 1.75. The van der Waals surface area contributed by atoms with Crippen LogP contribution in [-0.4, -0.2) is 39.3 Å². The Morgan fingerprint density at radius 1 is 1.16 bits per heavy atom. The van der Waals surface area contributed by atoms with Gasteiger partial charge in [0.05, 0.1) is 17.7 Å². The number of aromatic amines is 1. The van der Waals surface area contributed by atoms with E-state index in [1.54, 1.807) is 20.0 Å². The van der Waals surface area contributed by atoms with Gasteiger partial charge in [-0.25, -0.2) is 0 Å². The Morgan fingerprint density at radius 2 is 1.90 bits per heavy atom. The third-order valence-electron chi connectivity index (χ3n) is 4.93. The van der Waals surface area contributed by atoms with E-state index in [4.69, 9.17) is 0 Å². The lowest BCUT2D eigenvalue weighted by Crippen LogP contribution is -2.39. The summed E-state index contributed by atoms with van der Waals surface area (Å²) in [5, 5.41) is 22.3. The van der Waals surface area contributed by atoms with E-state index in [2.05, 4.69) is 20.8 Å². The summed E-state index contributed by atoms with van der Waals surface area (Å²) in [5.41, 5.74) is 3.39. The third-order valence-corrected chi connectivity index (χ3v) is 4.93. The third kappa shape index (κ3) is 6.26. The highest BCUT2D eigenvalue weighted by Gasteiger charge is 2.25. The predicted octanol–water partition coefficient (Wildman–Crippen LogP) is 3.38. The molecule has 0 spiro atoms. The number of aliphatic hydroxyl groups is 1. The smallest absolute Gasteiger partial charge is 0.232 e. The summed E-state index contributed by atoms with van der Waals surface area (Å²) in [7, 11) is 0. The molecule has 0 fully saturated rings. The van der Waals surface area contributed by atoms with Gasteiger partial charge in [0.2, 0.25) is 11.8 Å². The van der Waals surface area contributed by atoms with Crippen LogP contribution in [0.5, 0.6) is 0 Å². The molecule has 0 radical (unpaired) electrons. The molecule has 31 heavy (non-hydrogen) atoms. The molecule has 0 aliphatic heterocycles. The fourth-order valence-corrected chi connectivity index (χ4v) is 3.31. The molecule has 1 unspecified atom stereocenters. The Morgan fingerprint density at radius 3 is 2.52 bits per heavy atom. The molecule has 0 aliphatic rings. The zero-order valence-corrected chi connectivity index (χ0v) is 18.0. The van der Waals surface area contributed by atoms with Crippen LogP contribution >= 0.6 is 0 Å². The molecule has 0 bridgehead atoms. The Kier molecular flexibility index (Phi) is 6.87. The zero-order valence-electron chi connectivity index (χ0n) is 18.0. The van der Waals surface area contributed by atoms with Gasteiger partial charge >= 0.3 is 0 Å². The summed E-state index contributed by atoms with van der Waals surface area (Å²) >= 11 is 0. The predicted molar refractivity (Wildman–Crippen MR) is 120 cm³/mol. The van der Waals surface area contributed by atoms with Crippen molar-refractivity contribution < 1.29 is 14.7 Å². The number of carbonyl (C=O) groups is 2. The minimum absolute atomic E-state index is 0.0159. The number of rotatable bonds is 8. The minimum Gasteiger partial charge on any atom is -0.389 e. The van der Waals surface area contributed by atoms with Crippen molar-refractivity contribution >= 4 is 17.5 Å². The number of hydrogen-bond donors (Lipinski definition) is 4. The van der Waals surface area contributed by atoms with E-state index in [1.165, 1.54) is 0 Å². The van der Waals surface area contributed by atoms with E-state index >= 15 is 0 Å². The van der Waals surface area contributed by atoms with Gasteiger partial charge in [0, 0.05) is 30.4 Å². The molecule has 4 N–H and O–H groups in total. The van der Waals surface area contributed by atoms with Crippen molar-refractivity contribution in [1.82, 2.24) is 15.5 Å². The Labute approximate surface area is 181 Å². The number of aryl methyl sites for hydroxylation is 1. The van der Waals surface area contributed by atoms with E-state index in [9.17, 15) is 14.7 Å². The summed E-state index contributed by atoms with van der Waals surface area (Å²) in [6.45, 7) is 5.31. The van der Waals surface area contributed by atoms with E-state index in [1.807, 2.05) is 61.7 Å². The SMILES string of the molecule is Cc1cc(NC(=O)C(CC(=O)NCC(C)(C)O)c2ccccc2)ccc1-c1cn[nH]c1. The second-order valence-corrected chi connectivity index (χ2v) is 8.26. The van der Waals surface area contributed by atoms with E-state index in [0.717, 1.165) is 22.3 Å². The minimum atomic E-state index is -1.02. The molecular weight excluding hydrogens is 392 g/mol. The van der Waals surface area contributed by atoms with Crippen LogP contribution in [-0.2, 0) is 9.59 Å². The van der Waals surface area contributed by atoms with Gasteiger partial charge in [0.25, 0.3) is 0 Å². The van der Waals surface area contributed by atoms with Gasteiger partial charge in [-0.05, 0) is 49.6 Å². The molecule has 2 amide bonds. The first-order chi connectivity index (χ1) is 14.7. The van der Waals surface area contributed by atoms with Crippen molar-refractivity contribution in [3.05, 3.63) is 72.1 Å². The number of anilines is 1.